The third-order valence-electron chi connectivity index (χ3n) is 2.95. The summed E-state index contributed by atoms with van der Waals surface area (Å²) in [6, 6.07) is 7.89. The summed E-state index contributed by atoms with van der Waals surface area (Å²) in [4.78, 5) is 11.9. The molecule has 17 heavy (non-hydrogen) atoms. The molecule has 1 rings (SSSR count). The van der Waals surface area contributed by atoms with E-state index >= 15 is 0 Å². The van der Waals surface area contributed by atoms with Gasteiger partial charge in [-0.15, -0.1) is 0 Å². The monoisotopic (exact) mass is 233 g/mol. The summed E-state index contributed by atoms with van der Waals surface area (Å²) >= 11 is 0. The minimum atomic E-state index is -0.319. The van der Waals surface area contributed by atoms with Gasteiger partial charge in [0.1, 0.15) is 0 Å². The number of ketones is 1. The summed E-state index contributed by atoms with van der Waals surface area (Å²) < 4.78 is 0. The first-order valence-corrected chi connectivity index (χ1v) is 6.39. The van der Waals surface area contributed by atoms with Crippen LogP contribution in [0.3, 0.4) is 0 Å². The van der Waals surface area contributed by atoms with Crippen LogP contribution in [0.2, 0.25) is 0 Å². The van der Waals surface area contributed by atoms with Gasteiger partial charge in [-0.3, -0.25) is 4.79 Å². The van der Waals surface area contributed by atoms with Crippen molar-refractivity contribution < 1.29 is 4.79 Å². The maximum Gasteiger partial charge on any atom is 0.153 e. The molecule has 0 aliphatic rings. The number of hydrogen-bond donors (Lipinski definition) is 1. The first-order chi connectivity index (χ1) is 8.02. The molecule has 0 bridgehead atoms. The molecule has 0 saturated carbocycles. The van der Waals surface area contributed by atoms with Crippen LogP contribution in [0, 0.1) is 5.92 Å². The second-order valence-corrected chi connectivity index (χ2v) is 5.05. The molecular formula is C15H23NO. The Labute approximate surface area is 104 Å². The summed E-state index contributed by atoms with van der Waals surface area (Å²) in [7, 11) is 0. The number of carbonyl (C=O) groups excluding carboxylic acids is 1. The molecule has 0 aliphatic heterocycles. The molecule has 1 atom stereocenters. The maximum atomic E-state index is 11.9. The summed E-state index contributed by atoms with van der Waals surface area (Å²) in [5.41, 5.74) is 8.23. The lowest BCUT2D eigenvalue weighted by atomic mass is 9.96. The van der Waals surface area contributed by atoms with E-state index in [1.54, 1.807) is 0 Å². The molecule has 2 heteroatoms. The van der Waals surface area contributed by atoms with Crippen molar-refractivity contribution in [2.75, 3.05) is 0 Å². The Kier molecular flexibility index (Phi) is 5.36. The first kappa shape index (κ1) is 13.9. The molecule has 1 unspecified atom stereocenters. The molecule has 1 aromatic carbocycles. The Morgan fingerprint density at radius 2 is 1.71 bits per heavy atom. The summed E-state index contributed by atoms with van der Waals surface area (Å²) in [5.74, 6) is 0.611. The van der Waals surface area contributed by atoms with Crippen LogP contribution in [0.15, 0.2) is 24.3 Å². The van der Waals surface area contributed by atoms with Crippen molar-refractivity contribution in [1.29, 1.82) is 0 Å². The average Bonchev–Trinajstić information content (AvgIpc) is 2.29. The van der Waals surface area contributed by atoms with Crippen molar-refractivity contribution in [3.63, 3.8) is 0 Å². The number of Topliss-reactive ketones (excluding diaryl/α,β-unsaturated/α-hetero) is 1. The van der Waals surface area contributed by atoms with E-state index in [4.69, 9.17) is 5.73 Å². The van der Waals surface area contributed by atoms with Crippen LogP contribution in [-0.4, -0.2) is 11.8 Å². The highest BCUT2D eigenvalue weighted by Crippen LogP contribution is 2.09. The highest BCUT2D eigenvalue weighted by atomic mass is 16.1. The second-order valence-electron chi connectivity index (χ2n) is 5.05. The van der Waals surface area contributed by atoms with E-state index in [0.717, 1.165) is 18.4 Å². The molecule has 2 nitrogen and oxygen atoms in total. The zero-order chi connectivity index (χ0) is 12.8. The third-order valence-corrected chi connectivity index (χ3v) is 2.95. The van der Waals surface area contributed by atoms with Crippen LogP contribution in [0.4, 0.5) is 0 Å². The number of hydrogen-bond acceptors (Lipinski definition) is 2. The van der Waals surface area contributed by atoms with Gasteiger partial charge in [-0.2, -0.15) is 0 Å². The van der Waals surface area contributed by atoms with Gasteiger partial charge in [-0.25, -0.2) is 0 Å². The number of benzene rings is 1. The van der Waals surface area contributed by atoms with E-state index in [0.29, 0.717) is 12.3 Å². The molecule has 0 aliphatic carbocycles. The van der Waals surface area contributed by atoms with Crippen LogP contribution in [0.25, 0.3) is 0 Å². The second kappa shape index (κ2) is 6.55. The predicted octanol–water partition coefficient (Wildman–Crippen LogP) is 2.73. The minimum absolute atomic E-state index is 0.142. The number of carbonyl (C=O) groups is 1. The summed E-state index contributed by atoms with van der Waals surface area (Å²) in [6.45, 7) is 6.30. The fourth-order valence-electron chi connectivity index (χ4n) is 1.86. The van der Waals surface area contributed by atoms with Gasteiger partial charge in [-0.05, 0) is 29.9 Å². The molecule has 0 saturated heterocycles. The van der Waals surface area contributed by atoms with Crippen LogP contribution >= 0.6 is 0 Å². The van der Waals surface area contributed by atoms with E-state index < -0.39 is 0 Å². The Balaban J connectivity index is 2.55. The standard InChI is InChI=1S/C15H23NO/c1-4-12-5-7-13(8-6-12)10-15(17)14(16)9-11(2)3/h5-8,11,14H,4,9-10,16H2,1-3H3. The van der Waals surface area contributed by atoms with Gasteiger partial charge in [0.25, 0.3) is 0 Å². The topological polar surface area (TPSA) is 43.1 Å². The Hall–Kier alpha value is -1.15. The fourth-order valence-corrected chi connectivity index (χ4v) is 1.86. The SMILES string of the molecule is CCc1ccc(CC(=O)C(N)CC(C)C)cc1. The van der Waals surface area contributed by atoms with Gasteiger partial charge < -0.3 is 5.73 Å². The van der Waals surface area contributed by atoms with Crippen molar-refractivity contribution in [2.45, 2.75) is 46.1 Å². The van der Waals surface area contributed by atoms with Crippen LogP contribution in [0.1, 0.15) is 38.3 Å². The highest BCUT2D eigenvalue weighted by molar-refractivity contribution is 5.85. The molecule has 2 N–H and O–H groups in total. The Morgan fingerprint density at radius 1 is 1.18 bits per heavy atom. The lowest BCUT2D eigenvalue weighted by Gasteiger charge is -2.12. The summed E-state index contributed by atoms with van der Waals surface area (Å²) in [5, 5.41) is 0. The predicted molar refractivity (Wildman–Crippen MR) is 72.0 cm³/mol. The first-order valence-electron chi connectivity index (χ1n) is 6.39. The van der Waals surface area contributed by atoms with Crippen LogP contribution in [-0.2, 0) is 17.6 Å². The van der Waals surface area contributed by atoms with Gasteiger partial charge in [0.05, 0.1) is 6.04 Å². The largest absolute Gasteiger partial charge is 0.321 e. The molecule has 0 radical (unpaired) electrons. The van der Waals surface area contributed by atoms with E-state index in [1.807, 2.05) is 12.1 Å². The normalized spacial score (nSPS) is 12.8. The van der Waals surface area contributed by atoms with Crippen LogP contribution in [0.5, 0.6) is 0 Å². The van der Waals surface area contributed by atoms with Crippen molar-refractivity contribution in [3.05, 3.63) is 35.4 Å². The van der Waals surface area contributed by atoms with E-state index in [9.17, 15) is 4.79 Å². The van der Waals surface area contributed by atoms with E-state index in [1.165, 1.54) is 5.56 Å². The quantitative estimate of drug-likeness (QED) is 0.821. The van der Waals surface area contributed by atoms with Gasteiger partial charge >= 0.3 is 0 Å². The average molecular weight is 233 g/mol. The van der Waals surface area contributed by atoms with Crippen molar-refractivity contribution in [2.24, 2.45) is 11.7 Å². The maximum absolute atomic E-state index is 11.9. The van der Waals surface area contributed by atoms with Gasteiger partial charge in [0.15, 0.2) is 5.78 Å². The summed E-state index contributed by atoms with van der Waals surface area (Å²) in [6.07, 6.45) is 2.25. The lowest BCUT2D eigenvalue weighted by Crippen LogP contribution is -2.33. The lowest BCUT2D eigenvalue weighted by molar-refractivity contribution is -0.120. The van der Waals surface area contributed by atoms with Crippen molar-refractivity contribution in [3.8, 4) is 0 Å². The number of rotatable bonds is 6. The van der Waals surface area contributed by atoms with Crippen LogP contribution < -0.4 is 5.73 Å². The molecule has 1 aromatic rings. The number of aryl methyl sites for hydroxylation is 1. The molecule has 0 aromatic heterocycles. The van der Waals surface area contributed by atoms with Crippen molar-refractivity contribution in [1.82, 2.24) is 0 Å². The smallest absolute Gasteiger partial charge is 0.153 e. The third kappa shape index (κ3) is 4.70. The zero-order valence-corrected chi connectivity index (χ0v) is 11.1. The molecule has 0 heterocycles. The fraction of sp³-hybridized carbons (Fsp3) is 0.533. The molecule has 94 valence electrons. The van der Waals surface area contributed by atoms with Gasteiger partial charge in [0.2, 0.25) is 0 Å². The zero-order valence-electron chi connectivity index (χ0n) is 11.1. The Morgan fingerprint density at radius 3 is 2.18 bits per heavy atom. The van der Waals surface area contributed by atoms with Crippen molar-refractivity contribution >= 4 is 5.78 Å². The van der Waals surface area contributed by atoms with E-state index in [2.05, 4.69) is 32.9 Å². The molecular weight excluding hydrogens is 210 g/mol. The minimum Gasteiger partial charge on any atom is -0.321 e. The van der Waals surface area contributed by atoms with Gasteiger partial charge in [-0.1, -0.05) is 45.0 Å². The molecule has 0 spiro atoms. The van der Waals surface area contributed by atoms with E-state index in [-0.39, 0.29) is 11.8 Å². The Bertz CT molecular complexity index is 354. The molecule has 0 amide bonds. The highest BCUT2D eigenvalue weighted by Gasteiger charge is 2.15. The number of nitrogens with two attached hydrogens (primary N) is 1. The molecule has 0 fully saturated rings. The van der Waals surface area contributed by atoms with Gasteiger partial charge in [0, 0.05) is 6.42 Å².